The zero-order valence-corrected chi connectivity index (χ0v) is 15.6. The molecular formula is C19H19ClN2O5. The summed E-state index contributed by atoms with van der Waals surface area (Å²) in [6.45, 7) is 2.03. The molecule has 1 aliphatic heterocycles. The minimum Gasteiger partial charge on any atom is -0.454 e. The summed E-state index contributed by atoms with van der Waals surface area (Å²) in [5.41, 5.74) is 0.386. The van der Waals surface area contributed by atoms with Crippen molar-refractivity contribution in [3.8, 4) is 11.5 Å². The van der Waals surface area contributed by atoms with Crippen molar-refractivity contribution < 1.29 is 23.8 Å². The SMILES string of the molecule is COC(C)(CNC(=O)C(=O)Nc1ccc2c(c1)OCO2)c1cccc(Cl)c1. The molecule has 0 fully saturated rings. The van der Waals surface area contributed by atoms with E-state index in [1.54, 1.807) is 43.3 Å². The van der Waals surface area contributed by atoms with Crippen molar-refractivity contribution in [2.75, 3.05) is 25.8 Å². The predicted molar refractivity (Wildman–Crippen MR) is 100 cm³/mol. The first-order valence-corrected chi connectivity index (χ1v) is 8.59. The standard InChI is InChI=1S/C19H19ClN2O5/c1-19(25-2,12-4-3-5-13(20)8-12)10-21-17(23)18(24)22-14-6-7-15-16(9-14)27-11-26-15/h3-9H,10-11H2,1-2H3,(H,21,23)(H,22,24). The van der Waals surface area contributed by atoms with Crippen molar-refractivity contribution in [2.24, 2.45) is 0 Å². The topological polar surface area (TPSA) is 85.9 Å². The summed E-state index contributed by atoms with van der Waals surface area (Å²) in [6, 6.07) is 12.0. The molecular weight excluding hydrogens is 372 g/mol. The van der Waals surface area contributed by atoms with Crippen LogP contribution in [0.25, 0.3) is 0 Å². The van der Waals surface area contributed by atoms with E-state index in [0.717, 1.165) is 5.56 Å². The van der Waals surface area contributed by atoms with E-state index >= 15 is 0 Å². The maximum Gasteiger partial charge on any atom is 0.313 e. The highest BCUT2D eigenvalue weighted by Crippen LogP contribution is 2.34. The lowest BCUT2D eigenvalue weighted by Gasteiger charge is -2.29. The van der Waals surface area contributed by atoms with Crippen molar-refractivity contribution in [3.63, 3.8) is 0 Å². The number of halogens is 1. The van der Waals surface area contributed by atoms with Gasteiger partial charge in [0.05, 0.1) is 6.54 Å². The highest BCUT2D eigenvalue weighted by molar-refractivity contribution is 6.39. The number of amides is 2. The number of fused-ring (bicyclic) bond motifs is 1. The van der Waals surface area contributed by atoms with Gasteiger partial charge in [0.25, 0.3) is 0 Å². The second-order valence-electron chi connectivity index (χ2n) is 6.15. The fourth-order valence-corrected chi connectivity index (χ4v) is 2.79. The smallest absolute Gasteiger partial charge is 0.313 e. The van der Waals surface area contributed by atoms with Crippen molar-refractivity contribution in [1.82, 2.24) is 5.32 Å². The van der Waals surface area contributed by atoms with Crippen LogP contribution in [0.4, 0.5) is 5.69 Å². The van der Waals surface area contributed by atoms with E-state index in [1.165, 1.54) is 7.11 Å². The third-order valence-electron chi connectivity index (χ3n) is 4.31. The predicted octanol–water partition coefficient (Wildman–Crippen LogP) is 2.69. The second kappa shape index (κ2) is 7.85. The summed E-state index contributed by atoms with van der Waals surface area (Å²) in [7, 11) is 1.53. The van der Waals surface area contributed by atoms with Gasteiger partial charge in [-0.25, -0.2) is 0 Å². The van der Waals surface area contributed by atoms with Crippen LogP contribution in [0.1, 0.15) is 12.5 Å². The third-order valence-corrected chi connectivity index (χ3v) is 4.54. The molecule has 2 N–H and O–H groups in total. The largest absolute Gasteiger partial charge is 0.454 e. The monoisotopic (exact) mass is 390 g/mol. The molecule has 1 unspecified atom stereocenters. The first-order chi connectivity index (χ1) is 12.9. The van der Waals surface area contributed by atoms with Gasteiger partial charge in [-0.15, -0.1) is 0 Å². The molecule has 0 spiro atoms. The molecule has 142 valence electrons. The van der Waals surface area contributed by atoms with E-state index in [9.17, 15) is 9.59 Å². The summed E-state index contributed by atoms with van der Waals surface area (Å²) >= 11 is 6.03. The summed E-state index contributed by atoms with van der Waals surface area (Å²) in [5.74, 6) is -0.465. The van der Waals surface area contributed by atoms with Crippen LogP contribution < -0.4 is 20.1 Å². The Morgan fingerprint density at radius 1 is 1.15 bits per heavy atom. The molecule has 0 saturated carbocycles. The van der Waals surface area contributed by atoms with E-state index in [1.807, 2.05) is 6.07 Å². The highest BCUT2D eigenvalue weighted by Gasteiger charge is 2.28. The molecule has 1 heterocycles. The fraction of sp³-hybridized carbons (Fsp3) is 0.263. The first kappa shape index (κ1) is 19.0. The second-order valence-corrected chi connectivity index (χ2v) is 6.59. The Balaban J connectivity index is 1.61. The Morgan fingerprint density at radius 3 is 2.67 bits per heavy atom. The van der Waals surface area contributed by atoms with Crippen molar-refractivity contribution >= 4 is 29.1 Å². The molecule has 0 bridgehead atoms. The number of carbonyl (C=O) groups excluding carboxylic acids is 2. The van der Waals surface area contributed by atoms with Gasteiger partial charge in [-0.3, -0.25) is 9.59 Å². The number of hydrogen-bond acceptors (Lipinski definition) is 5. The van der Waals surface area contributed by atoms with Crippen LogP contribution >= 0.6 is 11.6 Å². The number of methoxy groups -OCH3 is 1. The van der Waals surface area contributed by atoms with E-state index in [4.69, 9.17) is 25.8 Å². The zero-order chi connectivity index (χ0) is 19.4. The minimum atomic E-state index is -0.834. The average molecular weight is 391 g/mol. The van der Waals surface area contributed by atoms with E-state index in [-0.39, 0.29) is 13.3 Å². The molecule has 2 aromatic carbocycles. The molecule has 3 rings (SSSR count). The summed E-state index contributed by atoms with van der Waals surface area (Å²) in [4.78, 5) is 24.3. The Kier molecular flexibility index (Phi) is 5.53. The summed E-state index contributed by atoms with van der Waals surface area (Å²) in [6.07, 6.45) is 0. The maximum atomic E-state index is 12.2. The molecule has 1 atom stereocenters. The van der Waals surface area contributed by atoms with Crippen LogP contribution in [-0.4, -0.2) is 32.3 Å². The van der Waals surface area contributed by atoms with Gasteiger partial charge >= 0.3 is 11.8 Å². The van der Waals surface area contributed by atoms with Crippen molar-refractivity contribution in [1.29, 1.82) is 0 Å². The molecule has 0 aromatic heterocycles. The van der Waals surface area contributed by atoms with Crippen molar-refractivity contribution in [3.05, 3.63) is 53.1 Å². The molecule has 27 heavy (non-hydrogen) atoms. The lowest BCUT2D eigenvalue weighted by Crippen LogP contribution is -2.44. The van der Waals surface area contributed by atoms with Gasteiger partial charge < -0.3 is 24.8 Å². The fourth-order valence-electron chi connectivity index (χ4n) is 2.60. The van der Waals surface area contributed by atoms with Gasteiger partial charge in [-0.1, -0.05) is 23.7 Å². The van der Waals surface area contributed by atoms with E-state index < -0.39 is 17.4 Å². The molecule has 0 saturated heterocycles. The Hall–Kier alpha value is -2.77. The van der Waals surface area contributed by atoms with Crippen LogP contribution in [0.2, 0.25) is 5.02 Å². The normalized spacial score (nSPS) is 14.3. The Bertz CT molecular complexity index is 873. The lowest BCUT2D eigenvalue weighted by atomic mass is 9.95. The van der Waals surface area contributed by atoms with E-state index in [0.29, 0.717) is 22.2 Å². The van der Waals surface area contributed by atoms with Crippen molar-refractivity contribution in [2.45, 2.75) is 12.5 Å². The molecule has 2 amide bonds. The number of anilines is 1. The van der Waals surface area contributed by atoms with Crippen LogP contribution in [0, 0.1) is 0 Å². The Morgan fingerprint density at radius 2 is 1.93 bits per heavy atom. The van der Waals surface area contributed by atoms with E-state index in [2.05, 4.69) is 10.6 Å². The number of nitrogens with one attached hydrogen (secondary N) is 2. The number of hydrogen-bond donors (Lipinski definition) is 2. The third kappa shape index (κ3) is 4.32. The molecule has 1 aliphatic rings. The molecule has 0 radical (unpaired) electrons. The number of ether oxygens (including phenoxy) is 3. The van der Waals surface area contributed by atoms with Gasteiger partial charge in [0.2, 0.25) is 6.79 Å². The zero-order valence-electron chi connectivity index (χ0n) is 14.9. The lowest BCUT2D eigenvalue weighted by molar-refractivity contribution is -0.137. The first-order valence-electron chi connectivity index (χ1n) is 8.21. The number of carbonyl (C=O) groups is 2. The highest BCUT2D eigenvalue weighted by atomic mass is 35.5. The summed E-state index contributed by atoms with van der Waals surface area (Å²) in [5, 5.41) is 5.67. The van der Waals surface area contributed by atoms with Crippen LogP contribution in [0.5, 0.6) is 11.5 Å². The number of rotatable bonds is 5. The molecule has 2 aromatic rings. The number of benzene rings is 2. The molecule has 0 aliphatic carbocycles. The minimum absolute atomic E-state index is 0.0945. The van der Waals surface area contributed by atoms with Crippen LogP contribution in [0.3, 0.4) is 0 Å². The van der Waals surface area contributed by atoms with Gasteiger partial charge in [0.1, 0.15) is 5.60 Å². The van der Waals surface area contributed by atoms with Gasteiger partial charge in [-0.05, 0) is 36.8 Å². The molecule has 7 nitrogen and oxygen atoms in total. The van der Waals surface area contributed by atoms with Crippen LogP contribution in [-0.2, 0) is 19.9 Å². The molecule has 8 heteroatoms. The summed E-state index contributed by atoms with van der Waals surface area (Å²) < 4.78 is 16.0. The van der Waals surface area contributed by atoms with Gasteiger partial charge in [-0.2, -0.15) is 0 Å². The van der Waals surface area contributed by atoms with Gasteiger partial charge in [0.15, 0.2) is 11.5 Å². The average Bonchev–Trinajstić information content (AvgIpc) is 3.13. The maximum absolute atomic E-state index is 12.2. The Labute approximate surface area is 161 Å². The quantitative estimate of drug-likeness (QED) is 0.766. The van der Waals surface area contributed by atoms with Crippen LogP contribution in [0.15, 0.2) is 42.5 Å². The van der Waals surface area contributed by atoms with Gasteiger partial charge in [0, 0.05) is 23.9 Å².